The molecule has 0 bridgehead atoms. The van der Waals surface area contributed by atoms with Crippen molar-refractivity contribution in [2.24, 2.45) is 0 Å². The number of carbonyl (C=O) groups is 1. The summed E-state index contributed by atoms with van der Waals surface area (Å²) >= 11 is 0. The van der Waals surface area contributed by atoms with Crippen LogP contribution in [0.4, 0.5) is 0 Å². The van der Waals surface area contributed by atoms with Crippen molar-refractivity contribution in [3.63, 3.8) is 0 Å². The number of aliphatic hydroxyl groups excluding tert-OH is 1. The van der Waals surface area contributed by atoms with Crippen LogP contribution in [0.15, 0.2) is 29.2 Å². The lowest BCUT2D eigenvalue weighted by atomic mass is 10.1. The van der Waals surface area contributed by atoms with Gasteiger partial charge in [-0.05, 0) is 25.1 Å². The summed E-state index contributed by atoms with van der Waals surface area (Å²) in [4.78, 5) is 11.2. The molecule has 4 nitrogen and oxygen atoms in total. The second kappa shape index (κ2) is 4.07. The summed E-state index contributed by atoms with van der Waals surface area (Å²) < 4.78 is 5.44. The van der Waals surface area contributed by atoms with Crippen molar-refractivity contribution < 1.29 is 19.4 Å². The number of benzene rings is 1. The number of phenols is 1. The quantitative estimate of drug-likeness (QED) is 0.797. The number of rotatable bonds is 3. The summed E-state index contributed by atoms with van der Waals surface area (Å²) in [6, 6.07) is 4.61. The van der Waals surface area contributed by atoms with Gasteiger partial charge in [0.2, 0.25) is 0 Å². The van der Waals surface area contributed by atoms with E-state index in [-0.39, 0.29) is 23.7 Å². The Hall–Kier alpha value is -2.07. The van der Waals surface area contributed by atoms with Crippen molar-refractivity contribution in [2.45, 2.75) is 6.92 Å². The predicted octanol–water partition coefficient (Wildman–Crippen LogP) is 2.35. The Kier molecular flexibility index (Phi) is 2.73. The van der Waals surface area contributed by atoms with Crippen molar-refractivity contribution >= 4 is 22.3 Å². The molecule has 0 radical (unpaired) electrons. The second-order valence-corrected chi connectivity index (χ2v) is 3.84. The molecule has 2 rings (SSSR count). The Labute approximate surface area is 97.8 Å². The highest BCUT2D eigenvalue weighted by Crippen LogP contribution is 2.29. The van der Waals surface area contributed by atoms with Crippen LogP contribution in [-0.2, 0) is 0 Å². The molecule has 17 heavy (non-hydrogen) atoms. The van der Waals surface area contributed by atoms with E-state index in [2.05, 4.69) is 6.58 Å². The highest BCUT2D eigenvalue weighted by Gasteiger charge is 2.12. The van der Waals surface area contributed by atoms with Crippen molar-refractivity contribution in [1.82, 2.24) is 0 Å². The Morgan fingerprint density at radius 2 is 2.12 bits per heavy atom. The van der Waals surface area contributed by atoms with Crippen LogP contribution in [0.1, 0.15) is 23.0 Å². The van der Waals surface area contributed by atoms with E-state index < -0.39 is 0 Å². The van der Waals surface area contributed by atoms with Gasteiger partial charge in [0.15, 0.2) is 5.78 Å². The Bertz CT molecular complexity index is 607. The van der Waals surface area contributed by atoms with Crippen LogP contribution in [0.25, 0.3) is 16.5 Å². The van der Waals surface area contributed by atoms with Crippen molar-refractivity contribution in [1.29, 1.82) is 0 Å². The molecule has 0 saturated carbocycles. The van der Waals surface area contributed by atoms with E-state index >= 15 is 0 Å². The van der Waals surface area contributed by atoms with E-state index in [4.69, 9.17) is 9.52 Å². The Morgan fingerprint density at radius 1 is 1.41 bits per heavy atom. The molecule has 2 aromatic rings. The number of hydrogen-bond donors (Lipinski definition) is 2. The number of carbonyl (C=O) groups excluding carboxylic acids is 1. The minimum Gasteiger partial charge on any atom is -0.507 e. The monoisotopic (exact) mass is 232 g/mol. The zero-order valence-corrected chi connectivity index (χ0v) is 9.36. The van der Waals surface area contributed by atoms with Gasteiger partial charge in [-0.2, -0.15) is 0 Å². The van der Waals surface area contributed by atoms with Gasteiger partial charge in [0, 0.05) is 11.0 Å². The molecule has 1 aromatic carbocycles. The average molecular weight is 232 g/mol. The van der Waals surface area contributed by atoms with Crippen LogP contribution in [0.2, 0.25) is 0 Å². The van der Waals surface area contributed by atoms with Crippen molar-refractivity contribution in [3.8, 4) is 5.75 Å². The fourth-order valence-electron chi connectivity index (χ4n) is 1.61. The van der Waals surface area contributed by atoms with Crippen LogP contribution < -0.4 is 0 Å². The predicted molar refractivity (Wildman–Crippen MR) is 64.0 cm³/mol. The lowest BCUT2D eigenvalue weighted by Crippen LogP contribution is -1.91. The molecule has 0 unspecified atom stereocenters. The van der Waals surface area contributed by atoms with Gasteiger partial charge in [0.1, 0.15) is 17.1 Å². The number of Topliss-reactive ketones (excluding diaryl/α,β-unsaturated/α-hetero) is 1. The van der Waals surface area contributed by atoms with E-state index in [9.17, 15) is 9.90 Å². The molecular formula is C13H12O4. The maximum Gasteiger partial charge on any atom is 0.163 e. The third-order valence-corrected chi connectivity index (χ3v) is 2.55. The number of ketones is 1. The molecule has 88 valence electrons. The lowest BCUT2D eigenvalue weighted by molar-refractivity contribution is 0.101. The molecule has 0 saturated heterocycles. The highest BCUT2D eigenvalue weighted by atomic mass is 16.3. The first kappa shape index (κ1) is 11.4. The van der Waals surface area contributed by atoms with E-state index in [1.165, 1.54) is 19.1 Å². The molecule has 2 N–H and O–H groups in total. The van der Waals surface area contributed by atoms with Crippen LogP contribution in [0, 0.1) is 0 Å². The van der Waals surface area contributed by atoms with Crippen LogP contribution in [0.5, 0.6) is 5.75 Å². The number of aliphatic hydroxyl groups is 1. The zero-order valence-electron chi connectivity index (χ0n) is 9.36. The number of phenolic OH excluding ortho intramolecular Hbond substituents is 1. The molecule has 0 aliphatic carbocycles. The first-order valence-corrected chi connectivity index (χ1v) is 5.09. The summed E-state index contributed by atoms with van der Waals surface area (Å²) in [6.07, 6.45) is 0. The van der Waals surface area contributed by atoms with Gasteiger partial charge in [0.25, 0.3) is 0 Å². The summed E-state index contributed by atoms with van der Waals surface area (Å²) in [5, 5.41) is 19.3. The molecule has 0 aliphatic heterocycles. The molecule has 4 heteroatoms. The second-order valence-electron chi connectivity index (χ2n) is 3.84. The molecule has 0 atom stereocenters. The molecule has 0 spiro atoms. The number of aromatic hydroxyl groups is 1. The standard InChI is InChI=1S/C13H12O4/c1-7(6-14)12-4-9-3-11(16)10(8(2)15)5-13(9)17-12/h3-5,14,16H,1,6H2,2H3. The smallest absolute Gasteiger partial charge is 0.163 e. The average Bonchev–Trinajstić information content (AvgIpc) is 2.69. The molecule has 0 aliphatic rings. The maximum absolute atomic E-state index is 11.2. The summed E-state index contributed by atoms with van der Waals surface area (Å²) in [6.45, 7) is 4.81. The SMILES string of the molecule is C=C(CO)c1cc2cc(O)c(C(C)=O)cc2o1. The Morgan fingerprint density at radius 3 is 2.71 bits per heavy atom. The van der Waals surface area contributed by atoms with Gasteiger partial charge in [-0.15, -0.1) is 0 Å². The van der Waals surface area contributed by atoms with Gasteiger partial charge in [-0.1, -0.05) is 6.58 Å². The maximum atomic E-state index is 11.2. The fourth-order valence-corrected chi connectivity index (χ4v) is 1.61. The summed E-state index contributed by atoms with van der Waals surface area (Å²) in [7, 11) is 0. The summed E-state index contributed by atoms with van der Waals surface area (Å²) in [5.74, 6) is 0.137. The van der Waals surface area contributed by atoms with Gasteiger partial charge in [0.05, 0.1) is 12.2 Å². The summed E-state index contributed by atoms with van der Waals surface area (Å²) in [5.41, 5.74) is 1.15. The Balaban J connectivity index is 2.62. The normalized spacial score (nSPS) is 10.7. The minimum absolute atomic E-state index is 0.0769. The van der Waals surface area contributed by atoms with E-state index in [0.29, 0.717) is 22.3 Å². The van der Waals surface area contributed by atoms with Crippen molar-refractivity contribution in [3.05, 3.63) is 36.1 Å². The lowest BCUT2D eigenvalue weighted by Gasteiger charge is -1.99. The van der Waals surface area contributed by atoms with E-state index in [1.807, 2.05) is 0 Å². The molecule has 1 aromatic heterocycles. The van der Waals surface area contributed by atoms with Crippen LogP contribution in [-0.4, -0.2) is 22.6 Å². The zero-order chi connectivity index (χ0) is 12.6. The third kappa shape index (κ3) is 1.94. The molecular weight excluding hydrogens is 220 g/mol. The number of furan rings is 1. The van der Waals surface area contributed by atoms with Gasteiger partial charge < -0.3 is 14.6 Å². The fraction of sp³-hybridized carbons (Fsp3) is 0.154. The van der Waals surface area contributed by atoms with Crippen LogP contribution in [0.3, 0.4) is 0 Å². The van der Waals surface area contributed by atoms with Gasteiger partial charge in [-0.3, -0.25) is 4.79 Å². The molecule has 1 heterocycles. The molecule has 0 amide bonds. The molecule has 0 fully saturated rings. The number of fused-ring (bicyclic) bond motifs is 1. The van der Waals surface area contributed by atoms with Crippen molar-refractivity contribution in [2.75, 3.05) is 6.61 Å². The van der Waals surface area contributed by atoms with Gasteiger partial charge >= 0.3 is 0 Å². The first-order valence-electron chi connectivity index (χ1n) is 5.09. The highest BCUT2D eigenvalue weighted by molar-refractivity contribution is 6.00. The van der Waals surface area contributed by atoms with E-state index in [0.717, 1.165) is 0 Å². The van der Waals surface area contributed by atoms with Crippen LogP contribution >= 0.6 is 0 Å². The number of hydrogen-bond acceptors (Lipinski definition) is 4. The topological polar surface area (TPSA) is 70.7 Å². The van der Waals surface area contributed by atoms with E-state index in [1.54, 1.807) is 6.07 Å². The van der Waals surface area contributed by atoms with Gasteiger partial charge in [-0.25, -0.2) is 0 Å². The first-order chi connectivity index (χ1) is 8.02. The largest absolute Gasteiger partial charge is 0.507 e. The third-order valence-electron chi connectivity index (χ3n) is 2.55. The minimum atomic E-state index is -0.233.